The Labute approximate surface area is 147 Å². The number of hydrogen-bond acceptors (Lipinski definition) is 6. The summed E-state index contributed by atoms with van der Waals surface area (Å²) in [7, 11) is 0. The minimum absolute atomic E-state index is 0.0298. The zero-order chi connectivity index (χ0) is 17.1. The smallest absolute Gasteiger partial charge is 0.317 e. The summed E-state index contributed by atoms with van der Waals surface area (Å²) in [6.07, 6.45) is 4.54. The van der Waals surface area contributed by atoms with E-state index in [9.17, 15) is 4.79 Å². The summed E-state index contributed by atoms with van der Waals surface area (Å²) in [4.78, 5) is 21.2. The van der Waals surface area contributed by atoms with Crippen LogP contribution in [0.5, 0.6) is 0 Å². The third-order valence-corrected chi connectivity index (χ3v) is 5.24. The maximum Gasteiger partial charge on any atom is 0.317 e. The monoisotopic (exact) mass is 349 g/mol. The second-order valence-corrected chi connectivity index (χ2v) is 7.35. The van der Waals surface area contributed by atoms with E-state index in [1.165, 1.54) is 6.42 Å². The highest BCUT2D eigenvalue weighted by Crippen LogP contribution is 2.38. The maximum atomic E-state index is 12.5. The molecule has 3 heterocycles. The van der Waals surface area contributed by atoms with Gasteiger partial charge in [0.1, 0.15) is 0 Å². The van der Waals surface area contributed by atoms with Crippen molar-refractivity contribution in [1.82, 2.24) is 25.3 Å². The predicted octanol–water partition coefficient (Wildman–Crippen LogP) is 1.20. The van der Waals surface area contributed by atoms with E-state index in [0.717, 1.165) is 71.0 Å². The number of carbonyl (C=O) groups excluding carboxylic acids is 1. The van der Waals surface area contributed by atoms with Crippen molar-refractivity contribution >= 4 is 6.03 Å². The number of carbonyl (C=O) groups is 1. The Hall–Kier alpha value is -1.67. The van der Waals surface area contributed by atoms with Crippen LogP contribution < -0.4 is 5.32 Å². The minimum atomic E-state index is -0.0298. The summed E-state index contributed by atoms with van der Waals surface area (Å²) >= 11 is 0. The first-order chi connectivity index (χ1) is 12.3. The molecule has 0 aromatic carbocycles. The predicted molar refractivity (Wildman–Crippen MR) is 90.1 cm³/mol. The first-order valence-electron chi connectivity index (χ1n) is 9.43. The minimum Gasteiger partial charge on any atom is -0.379 e. The van der Waals surface area contributed by atoms with Gasteiger partial charge in [0.15, 0.2) is 5.82 Å². The molecule has 0 spiro atoms. The lowest BCUT2D eigenvalue weighted by atomic mass is 9.97. The molecule has 1 aromatic rings. The van der Waals surface area contributed by atoms with E-state index in [0.29, 0.717) is 24.3 Å². The molecule has 1 aliphatic carbocycles. The van der Waals surface area contributed by atoms with Gasteiger partial charge in [0.2, 0.25) is 5.89 Å². The fraction of sp³-hybridized carbons (Fsp3) is 0.824. The summed E-state index contributed by atoms with van der Waals surface area (Å²) < 4.78 is 10.6. The molecule has 3 fully saturated rings. The second kappa shape index (κ2) is 7.70. The van der Waals surface area contributed by atoms with E-state index < -0.39 is 0 Å². The molecule has 1 saturated carbocycles. The number of ether oxygens (including phenoxy) is 1. The Morgan fingerprint density at radius 1 is 1.20 bits per heavy atom. The van der Waals surface area contributed by atoms with Gasteiger partial charge < -0.3 is 19.5 Å². The van der Waals surface area contributed by atoms with Crippen molar-refractivity contribution in [3.63, 3.8) is 0 Å². The van der Waals surface area contributed by atoms with Crippen LogP contribution in [0.3, 0.4) is 0 Å². The standard InChI is InChI=1S/C17H27N5O3/c23-17(18-10-15-19-16(20-25-15)14-3-4-14)22-5-1-2-13(12-22)11-21-6-8-24-9-7-21/h13-14H,1-12H2,(H,18,23)/t13-/m1/s1. The molecule has 2 aliphatic heterocycles. The molecule has 0 unspecified atom stereocenters. The highest BCUT2D eigenvalue weighted by Gasteiger charge is 2.29. The SMILES string of the molecule is O=C(NCc1nc(C2CC2)no1)N1CCC[C@H](CN2CCOCC2)C1. The molecule has 138 valence electrons. The topological polar surface area (TPSA) is 83.7 Å². The number of nitrogens with zero attached hydrogens (tertiary/aromatic N) is 4. The van der Waals surface area contributed by atoms with Crippen LogP contribution in [0.25, 0.3) is 0 Å². The van der Waals surface area contributed by atoms with Crippen LogP contribution in [0.1, 0.15) is 43.3 Å². The van der Waals surface area contributed by atoms with Gasteiger partial charge in [-0.3, -0.25) is 4.90 Å². The zero-order valence-electron chi connectivity index (χ0n) is 14.7. The van der Waals surface area contributed by atoms with Crippen molar-refractivity contribution in [3.05, 3.63) is 11.7 Å². The largest absolute Gasteiger partial charge is 0.379 e. The van der Waals surface area contributed by atoms with E-state index >= 15 is 0 Å². The molecule has 25 heavy (non-hydrogen) atoms. The fourth-order valence-corrected chi connectivity index (χ4v) is 3.66. The molecule has 8 heteroatoms. The van der Waals surface area contributed by atoms with Gasteiger partial charge in [0.05, 0.1) is 19.8 Å². The molecule has 0 bridgehead atoms. The van der Waals surface area contributed by atoms with E-state index in [1.807, 2.05) is 4.90 Å². The summed E-state index contributed by atoms with van der Waals surface area (Å²) in [6, 6.07) is -0.0298. The van der Waals surface area contributed by atoms with Crippen molar-refractivity contribution in [2.24, 2.45) is 5.92 Å². The molecule has 3 aliphatic rings. The number of likely N-dealkylation sites (tertiary alicyclic amines) is 1. The molecule has 0 radical (unpaired) electrons. The van der Waals surface area contributed by atoms with Gasteiger partial charge in [-0.25, -0.2) is 4.79 Å². The van der Waals surface area contributed by atoms with Crippen molar-refractivity contribution in [1.29, 1.82) is 0 Å². The number of nitrogens with one attached hydrogen (secondary N) is 1. The summed E-state index contributed by atoms with van der Waals surface area (Å²) in [5, 5.41) is 6.90. The molecular formula is C17H27N5O3. The molecule has 8 nitrogen and oxygen atoms in total. The summed E-state index contributed by atoms with van der Waals surface area (Å²) in [5.74, 6) is 2.30. The van der Waals surface area contributed by atoms with Gasteiger partial charge in [0.25, 0.3) is 0 Å². The Morgan fingerprint density at radius 2 is 2.04 bits per heavy atom. The number of rotatable bonds is 5. The second-order valence-electron chi connectivity index (χ2n) is 7.35. The van der Waals surface area contributed by atoms with Crippen molar-refractivity contribution in [3.8, 4) is 0 Å². The lowest BCUT2D eigenvalue weighted by Crippen LogP contribution is -2.48. The number of amides is 2. The lowest BCUT2D eigenvalue weighted by molar-refractivity contribution is 0.0249. The van der Waals surface area contributed by atoms with Gasteiger partial charge >= 0.3 is 6.03 Å². The Morgan fingerprint density at radius 3 is 2.84 bits per heavy atom. The van der Waals surface area contributed by atoms with Gasteiger partial charge in [0, 0.05) is 38.6 Å². The Bertz CT molecular complexity index is 583. The van der Waals surface area contributed by atoms with E-state index in [4.69, 9.17) is 9.26 Å². The Balaban J connectivity index is 1.23. The van der Waals surface area contributed by atoms with E-state index in [-0.39, 0.29) is 6.03 Å². The zero-order valence-corrected chi connectivity index (χ0v) is 14.7. The van der Waals surface area contributed by atoms with Crippen LogP contribution in [0.2, 0.25) is 0 Å². The van der Waals surface area contributed by atoms with Crippen LogP contribution >= 0.6 is 0 Å². The van der Waals surface area contributed by atoms with Crippen molar-refractivity contribution in [2.45, 2.75) is 38.1 Å². The van der Waals surface area contributed by atoms with Gasteiger partial charge in [-0.15, -0.1) is 0 Å². The Kier molecular flexibility index (Phi) is 5.17. The normalized spacial score (nSPS) is 25.1. The fourth-order valence-electron chi connectivity index (χ4n) is 3.66. The summed E-state index contributed by atoms with van der Waals surface area (Å²) in [6.45, 7) is 6.66. The van der Waals surface area contributed by atoms with Crippen LogP contribution in [0.4, 0.5) is 4.79 Å². The van der Waals surface area contributed by atoms with Crippen molar-refractivity contribution in [2.75, 3.05) is 45.9 Å². The summed E-state index contributed by atoms with van der Waals surface area (Å²) in [5.41, 5.74) is 0. The first kappa shape index (κ1) is 16.8. The van der Waals surface area contributed by atoms with Gasteiger partial charge in [-0.2, -0.15) is 4.98 Å². The number of hydrogen-bond donors (Lipinski definition) is 1. The third kappa shape index (κ3) is 4.49. The van der Waals surface area contributed by atoms with Crippen LogP contribution in [-0.2, 0) is 11.3 Å². The lowest BCUT2D eigenvalue weighted by Gasteiger charge is -2.36. The molecular weight excluding hydrogens is 322 g/mol. The number of morpholine rings is 1. The van der Waals surface area contributed by atoms with Crippen LogP contribution in [0.15, 0.2) is 4.52 Å². The number of aromatic nitrogens is 2. The van der Waals surface area contributed by atoms with Crippen molar-refractivity contribution < 1.29 is 14.1 Å². The molecule has 4 rings (SSSR count). The molecule has 2 saturated heterocycles. The van der Waals surface area contributed by atoms with Gasteiger partial charge in [-0.05, 0) is 31.6 Å². The van der Waals surface area contributed by atoms with Crippen LogP contribution in [0, 0.1) is 5.92 Å². The quantitative estimate of drug-likeness (QED) is 0.860. The third-order valence-electron chi connectivity index (χ3n) is 5.24. The molecule has 1 N–H and O–H groups in total. The average Bonchev–Trinajstić information content (AvgIpc) is 3.39. The maximum absolute atomic E-state index is 12.5. The van der Waals surface area contributed by atoms with E-state index in [2.05, 4.69) is 20.4 Å². The highest BCUT2D eigenvalue weighted by atomic mass is 16.5. The number of urea groups is 1. The van der Waals surface area contributed by atoms with E-state index in [1.54, 1.807) is 0 Å². The molecule has 1 aromatic heterocycles. The first-order valence-corrected chi connectivity index (χ1v) is 9.43. The molecule has 2 amide bonds. The van der Waals surface area contributed by atoms with Crippen LogP contribution in [-0.4, -0.2) is 71.9 Å². The average molecular weight is 349 g/mol. The van der Waals surface area contributed by atoms with Gasteiger partial charge in [-0.1, -0.05) is 5.16 Å². The number of piperidine rings is 1. The molecule has 1 atom stereocenters. The highest BCUT2D eigenvalue weighted by molar-refractivity contribution is 5.74.